The molecule has 0 fully saturated rings. The van der Waals surface area contributed by atoms with E-state index in [-0.39, 0.29) is 0 Å². The number of nitrogens with two attached hydrogens (primary N) is 2. The summed E-state index contributed by atoms with van der Waals surface area (Å²) < 4.78 is 5.25. The molecule has 2 heterocycles. The third-order valence-corrected chi connectivity index (χ3v) is 2.71. The summed E-state index contributed by atoms with van der Waals surface area (Å²) in [5.74, 6) is 2.07. The zero-order valence-electron chi connectivity index (χ0n) is 9.97. The van der Waals surface area contributed by atoms with Crippen LogP contribution in [0.1, 0.15) is 11.3 Å². The maximum Gasteiger partial charge on any atom is 0.149 e. The van der Waals surface area contributed by atoms with Crippen LogP contribution >= 0.6 is 0 Å². The molecule has 0 spiro atoms. The Morgan fingerprint density at radius 2 is 2.06 bits per heavy atom. The Morgan fingerprint density at radius 1 is 1.29 bits per heavy atom. The van der Waals surface area contributed by atoms with E-state index in [0.717, 1.165) is 23.7 Å². The van der Waals surface area contributed by atoms with Gasteiger partial charge >= 0.3 is 0 Å². The molecule has 0 atom stereocenters. The summed E-state index contributed by atoms with van der Waals surface area (Å²) in [6.45, 7) is 2.66. The van der Waals surface area contributed by atoms with Gasteiger partial charge in [-0.05, 0) is 25.1 Å². The lowest BCUT2D eigenvalue weighted by Gasteiger charge is -2.18. The van der Waals surface area contributed by atoms with E-state index in [0.29, 0.717) is 11.5 Å². The van der Waals surface area contributed by atoms with Crippen LogP contribution in [0.3, 0.4) is 0 Å². The Labute approximate surface area is 100 Å². The van der Waals surface area contributed by atoms with E-state index < -0.39 is 0 Å². The van der Waals surface area contributed by atoms with Crippen LogP contribution < -0.4 is 16.4 Å². The molecule has 2 aromatic heterocycles. The number of aromatic nitrogens is 1. The van der Waals surface area contributed by atoms with Gasteiger partial charge in [-0.25, -0.2) is 4.98 Å². The Bertz CT molecular complexity index is 521. The molecule has 0 aromatic carbocycles. The van der Waals surface area contributed by atoms with E-state index >= 15 is 0 Å². The number of nitrogen functional groups attached to an aromatic ring is 2. The molecular weight excluding hydrogens is 216 g/mol. The molecule has 5 nitrogen and oxygen atoms in total. The minimum atomic E-state index is 0.360. The largest absolute Gasteiger partial charge is 0.469 e. The van der Waals surface area contributed by atoms with Gasteiger partial charge in [-0.2, -0.15) is 0 Å². The SMILES string of the molecule is Cc1occc1CN(C)c1ccc(N)c(N)n1. The molecule has 0 unspecified atom stereocenters. The topological polar surface area (TPSA) is 81.3 Å². The van der Waals surface area contributed by atoms with Crippen LogP contribution in [0.2, 0.25) is 0 Å². The highest BCUT2D eigenvalue weighted by Crippen LogP contribution is 2.20. The fourth-order valence-corrected chi connectivity index (χ4v) is 1.60. The van der Waals surface area contributed by atoms with E-state index in [9.17, 15) is 0 Å². The smallest absolute Gasteiger partial charge is 0.149 e. The summed E-state index contributed by atoms with van der Waals surface area (Å²) in [6, 6.07) is 5.56. The number of anilines is 3. The van der Waals surface area contributed by atoms with Crippen molar-refractivity contribution in [1.29, 1.82) is 0 Å². The van der Waals surface area contributed by atoms with Gasteiger partial charge in [-0.15, -0.1) is 0 Å². The minimum absolute atomic E-state index is 0.360. The van der Waals surface area contributed by atoms with Crippen molar-refractivity contribution < 1.29 is 4.42 Å². The Balaban J connectivity index is 2.17. The van der Waals surface area contributed by atoms with Gasteiger partial charge in [0.15, 0.2) is 0 Å². The fraction of sp³-hybridized carbons (Fsp3) is 0.250. The summed E-state index contributed by atoms with van der Waals surface area (Å²) in [6.07, 6.45) is 1.68. The van der Waals surface area contributed by atoms with Crippen LogP contribution in [0.4, 0.5) is 17.3 Å². The molecule has 90 valence electrons. The van der Waals surface area contributed by atoms with Crippen LogP contribution in [0, 0.1) is 6.92 Å². The highest BCUT2D eigenvalue weighted by molar-refractivity contribution is 5.62. The Hall–Kier alpha value is -2.17. The lowest BCUT2D eigenvalue weighted by atomic mass is 10.2. The molecule has 0 aliphatic rings. The van der Waals surface area contributed by atoms with Crippen molar-refractivity contribution in [3.8, 4) is 0 Å². The van der Waals surface area contributed by atoms with Gasteiger partial charge in [0.1, 0.15) is 17.4 Å². The molecule has 2 rings (SSSR count). The number of hydrogen-bond acceptors (Lipinski definition) is 5. The van der Waals surface area contributed by atoms with Gasteiger partial charge in [0.05, 0.1) is 12.0 Å². The molecule has 0 saturated carbocycles. The van der Waals surface area contributed by atoms with Crippen LogP contribution in [0.15, 0.2) is 28.9 Å². The number of hydrogen-bond donors (Lipinski definition) is 2. The molecule has 4 N–H and O–H groups in total. The van der Waals surface area contributed by atoms with E-state index in [1.54, 1.807) is 12.3 Å². The Morgan fingerprint density at radius 3 is 2.65 bits per heavy atom. The van der Waals surface area contributed by atoms with E-state index in [1.807, 2.05) is 31.0 Å². The normalized spacial score (nSPS) is 10.5. The second kappa shape index (κ2) is 4.37. The lowest BCUT2D eigenvalue weighted by molar-refractivity contribution is 0.529. The highest BCUT2D eigenvalue weighted by atomic mass is 16.3. The number of rotatable bonds is 3. The van der Waals surface area contributed by atoms with Crippen molar-refractivity contribution in [3.05, 3.63) is 35.8 Å². The third kappa shape index (κ3) is 2.33. The molecule has 17 heavy (non-hydrogen) atoms. The standard InChI is InChI=1S/C12H16N4O/c1-8-9(5-6-17-8)7-16(2)11-4-3-10(13)12(14)15-11/h3-6H,7,13H2,1-2H3,(H2,14,15). The average Bonchev–Trinajstić information content (AvgIpc) is 2.68. The first kappa shape index (κ1) is 11.3. The van der Waals surface area contributed by atoms with Crippen LogP contribution in [-0.2, 0) is 6.54 Å². The second-order valence-corrected chi connectivity index (χ2v) is 4.00. The lowest BCUT2D eigenvalue weighted by Crippen LogP contribution is -2.18. The van der Waals surface area contributed by atoms with Crippen molar-refractivity contribution >= 4 is 17.3 Å². The molecule has 0 aliphatic heterocycles. The van der Waals surface area contributed by atoms with Gasteiger partial charge in [0.25, 0.3) is 0 Å². The van der Waals surface area contributed by atoms with Crippen molar-refractivity contribution in [3.63, 3.8) is 0 Å². The summed E-state index contributed by atoms with van der Waals surface area (Å²) in [4.78, 5) is 6.22. The van der Waals surface area contributed by atoms with Gasteiger partial charge in [0.2, 0.25) is 0 Å². The molecule has 0 bridgehead atoms. The summed E-state index contributed by atoms with van der Waals surface area (Å²) in [7, 11) is 1.95. The second-order valence-electron chi connectivity index (χ2n) is 4.00. The number of pyridine rings is 1. The predicted molar refractivity (Wildman–Crippen MR) is 68.6 cm³/mol. The molecule has 2 aromatic rings. The molecule has 5 heteroatoms. The first-order chi connectivity index (χ1) is 8.08. The third-order valence-electron chi connectivity index (χ3n) is 2.71. The van der Waals surface area contributed by atoms with Gasteiger partial charge in [-0.1, -0.05) is 0 Å². The highest BCUT2D eigenvalue weighted by Gasteiger charge is 2.08. The molecule has 0 saturated heterocycles. The van der Waals surface area contributed by atoms with E-state index in [4.69, 9.17) is 15.9 Å². The fourth-order valence-electron chi connectivity index (χ4n) is 1.60. The molecule has 0 radical (unpaired) electrons. The van der Waals surface area contributed by atoms with Crippen molar-refractivity contribution in [2.45, 2.75) is 13.5 Å². The number of aryl methyl sites for hydroxylation is 1. The van der Waals surface area contributed by atoms with E-state index in [1.165, 1.54) is 0 Å². The zero-order valence-corrected chi connectivity index (χ0v) is 9.97. The number of nitrogens with zero attached hydrogens (tertiary/aromatic N) is 2. The van der Waals surface area contributed by atoms with Crippen molar-refractivity contribution in [2.75, 3.05) is 23.4 Å². The first-order valence-electron chi connectivity index (χ1n) is 5.34. The quantitative estimate of drug-likeness (QED) is 0.843. The van der Waals surface area contributed by atoms with Crippen LogP contribution in [-0.4, -0.2) is 12.0 Å². The zero-order chi connectivity index (χ0) is 12.4. The van der Waals surface area contributed by atoms with Gasteiger partial charge in [-0.3, -0.25) is 0 Å². The van der Waals surface area contributed by atoms with Crippen LogP contribution in [0.5, 0.6) is 0 Å². The van der Waals surface area contributed by atoms with E-state index in [2.05, 4.69) is 4.98 Å². The number of furan rings is 1. The average molecular weight is 232 g/mol. The van der Waals surface area contributed by atoms with Crippen LogP contribution in [0.25, 0.3) is 0 Å². The maximum absolute atomic E-state index is 5.68. The predicted octanol–water partition coefficient (Wildman–Crippen LogP) is 1.78. The summed E-state index contributed by atoms with van der Waals surface area (Å²) >= 11 is 0. The maximum atomic E-state index is 5.68. The molecule has 0 amide bonds. The van der Waals surface area contributed by atoms with Crippen molar-refractivity contribution in [2.24, 2.45) is 0 Å². The summed E-state index contributed by atoms with van der Waals surface area (Å²) in [5, 5.41) is 0. The van der Waals surface area contributed by atoms with Crippen molar-refractivity contribution in [1.82, 2.24) is 4.98 Å². The summed E-state index contributed by atoms with van der Waals surface area (Å²) in [5.41, 5.74) is 12.9. The minimum Gasteiger partial charge on any atom is -0.469 e. The molecule has 0 aliphatic carbocycles. The first-order valence-corrected chi connectivity index (χ1v) is 5.34. The van der Waals surface area contributed by atoms with Gasteiger partial charge < -0.3 is 20.8 Å². The Kier molecular flexibility index (Phi) is 2.91. The molecular formula is C12H16N4O. The van der Waals surface area contributed by atoms with Gasteiger partial charge in [0, 0.05) is 19.2 Å². The monoisotopic (exact) mass is 232 g/mol.